The predicted molar refractivity (Wildman–Crippen MR) is 87.2 cm³/mol. The highest BCUT2D eigenvalue weighted by Gasteiger charge is 2.45. The largest absolute Gasteiger partial charge is 0.351 e. The first kappa shape index (κ1) is 16.0. The first-order chi connectivity index (χ1) is 9.72. The molecule has 0 saturated heterocycles. The van der Waals surface area contributed by atoms with Crippen molar-refractivity contribution in [1.29, 1.82) is 0 Å². The van der Waals surface area contributed by atoms with E-state index in [1.54, 1.807) is 6.92 Å². The van der Waals surface area contributed by atoms with Crippen LogP contribution in [0, 0.1) is 6.92 Å². The van der Waals surface area contributed by atoms with Crippen molar-refractivity contribution in [1.82, 2.24) is 10.6 Å². The third-order valence-corrected chi connectivity index (χ3v) is 4.17. The van der Waals surface area contributed by atoms with Crippen LogP contribution >= 0.6 is 0 Å². The SMILES string of the molecule is CC(=O)NC(C)(C)CC(C)NC1(c2cccc(C)c2)CC1. The standard InChI is InChI=1S/C18H28N2O/c1-13-7-6-8-16(11-13)18(9-10-18)19-14(2)12-17(4,5)20-15(3)21/h6-8,11,14,19H,9-10,12H2,1-5H3,(H,20,21). The Bertz CT molecular complexity index is 518. The van der Waals surface area contributed by atoms with Crippen molar-refractivity contribution < 1.29 is 4.79 Å². The summed E-state index contributed by atoms with van der Waals surface area (Å²) in [5.74, 6) is 0.0343. The van der Waals surface area contributed by atoms with Gasteiger partial charge in [0, 0.05) is 24.0 Å². The zero-order valence-electron chi connectivity index (χ0n) is 13.9. The average molecular weight is 288 g/mol. The van der Waals surface area contributed by atoms with Gasteiger partial charge in [-0.05, 0) is 52.5 Å². The van der Waals surface area contributed by atoms with Gasteiger partial charge in [0.1, 0.15) is 0 Å². The Morgan fingerprint density at radius 2 is 2.05 bits per heavy atom. The lowest BCUT2D eigenvalue weighted by Crippen LogP contribution is -2.48. The fourth-order valence-electron chi connectivity index (χ4n) is 3.40. The maximum Gasteiger partial charge on any atom is 0.217 e. The van der Waals surface area contributed by atoms with E-state index in [1.807, 2.05) is 0 Å². The van der Waals surface area contributed by atoms with E-state index >= 15 is 0 Å². The van der Waals surface area contributed by atoms with Gasteiger partial charge in [-0.1, -0.05) is 29.8 Å². The first-order valence-corrected chi connectivity index (χ1v) is 7.86. The van der Waals surface area contributed by atoms with Gasteiger partial charge in [0.15, 0.2) is 0 Å². The number of rotatable bonds is 6. The quantitative estimate of drug-likeness (QED) is 0.843. The average Bonchev–Trinajstić information content (AvgIpc) is 3.06. The number of amides is 1. The molecule has 3 nitrogen and oxygen atoms in total. The second kappa shape index (κ2) is 5.80. The number of benzene rings is 1. The molecule has 1 amide bonds. The van der Waals surface area contributed by atoms with Gasteiger partial charge in [-0.2, -0.15) is 0 Å². The lowest BCUT2D eigenvalue weighted by molar-refractivity contribution is -0.120. The molecule has 0 spiro atoms. The van der Waals surface area contributed by atoms with Gasteiger partial charge in [0.05, 0.1) is 0 Å². The van der Waals surface area contributed by atoms with Gasteiger partial charge in [-0.15, -0.1) is 0 Å². The minimum Gasteiger partial charge on any atom is -0.351 e. The van der Waals surface area contributed by atoms with E-state index in [0.29, 0.717) is 6.04 Å². The molecule has 1 aliphatic carbocycles. The molecular weight excluding hydrogens is 260 g/mol. The van der Waals surface area contributed by atoms with Crippen LogP contribution in [0.3, 0.4) is 0 Å². The minimum atomic E-state index is -0.180. The summed E-state index contributed by atoms with van der Waals surface area (Å²) in [6, 6.07) is 9.14. The molecule has 1 saturated carbocycles. The maximum absolute atomic E-state index is 11.3. The lowest BCUT2D eigenvalue weighted by atomic mass is 9.94. The van der Waals surface area contributed by atoms with Crippen LogP contribution in [0.2, 0.25) is 0 Å². The third kappa shape index (κ3) is 4.31. The fraction of sp³-hybridized carbons (Fsp3) is 0.611. The molecule has 2 rings (SSSR count). The van der Waals surface area contributed by atoms with Crippen molar-refractivity contribution in [2.45, 2.75) is 71.0 Å². The van der Waals surface area contributed by atoms with Gasteiger partial charge >= 0.3 is 0 Å². The van der Waals surface area contributed by atoms with Crippen LogP contribution in [-0.4, -0.2) is 17.5 Å². The van der Waals surface area contributed by atoms with E-state index in [0.717, 1.165) is 6.42 Å². The molecule has 1 aromatic carbocycles. The second-order valence-electron chi connectivity index (χ2n) is 7.27. The van der Waals surface area contributed by atoms with E-state index in [4.69, 9.17) is 0 Å². The molecule has 1 unspecified atom stereocenters. The molecule has 1 aromatic rings. The monoisotopic (exact) mass is 288 g/mol. The van der Waals surface area contributed by atoms with Crippen molar-refractivity contribution in [3.05, 3.63) is 35.4 Å². The van der Waals surface area contributed by atoms with Crippen LogP contribution < -0.4 is 10.6 Å². The predicted octanol–water partition coefficient (Wildman–Crippen LogP) is 3.27. The van der Waals surface area contributed by atoms with Crippen LogP contribution in [0.15, 0.2) is 24.3 Å². The Kier molecular flexibility index (Phi) is 4.43. The van der Waals surface area contributed by atoms with Crippen molar-refractivity contribution in [2.24, 2.45) is 0 Å². The topological polar surface area (TPSA) is 41.1 Å². The highest BCUT2D eigenvalue weighted by molar-refractivity contribution is 5.73. The number of aryl methyl sites for hydroxylation is 1. The number of carbonyl (C=O) groups excluding carboxylic acids is 1. The molecule has 0 heterocycles. The second-order valence-corrected chi connectivity index (χ2v) is 7.27. The van der Waals surface area contributed by atoms with Gasteiger partial charge in [-0.3, -0.25) is 4.79 Å². The van der Waals surface area contributed by atoms with Crippen molar-refractivity contribution in [2.75, 3.05) is 0 Å². The van der Waals surface area contributed by atoms with Crippen LogP contribution in [0.25, 0.3) is 0 Å². The fourth-order valence-corrected chi connectivity index (χ4v) is 3.40. The summed E-state index contributed by atoms with van der Waals surface area (Å²) in [4.78, 5) is 11.3. The van der Waals surface area contributed by atoms with E-state index < -0.39 is 0 Å². The third-order valence-electron chi connectivity index (χ3n) is 4.17. The van der Waals surface area contributed by atoms with E-state index in [-0.39, 0.29) is 17.0 Å². The van der Waals surface area contributed by atoms with Gasteiger partial charge in [-0.25, -0.2) is 0 Å². The van der Waals surface area contributed by atoms with Crippen LogP contribution in [-0.2, 0) is 10.3 Å². The Morgan fingerprint density at radius 3 is 2.57 bits per heavy atom. The number of carbonyl (C=O) groups is 1. The number of hydrogen-bond donors (Lipinski definition) is 2. The van der Waals surface area contributed by atoms with Crippen molar-refractivity contribution in [3.8, 4) is 0 Å². The van der Waals surface area contributed by atoms with Crippen molar-refractivity contribution >= 4 is 5.91 Å². The molecule has 1 fully saturated rings. The Morgan fingerprint density at radius 1 is 1.38 bits per heavy atom. The summed E-state index contributed by atoms with van der Waals surface area (Å²) in [5, 5.41) is 6.82. The summed E-state index contributed by atoms with van der Waals surface area (Å²) in [6.45, 7) is 10.1. The molecule has 116 valence electrons. The highest BCUT2D eigenvalue weighted by atomic mass is 16.1. The normalized spacial score (nSPS) is 18.1. The zero-order valence-corrected chi connectivity index (χ0v) is 13.9. The molecule has 0 aromatic heterocycles. The molecule has 1 aliphatic rings. The van der Waals surface area contributed by atoms with Crippen molar-refractivity contribution in [3.63, 3.8) is 0 Å². The van der Waals surface area contributed by atoms with E-state index in [9.17, 15) is 4.79 Å². The zero-order chi connectivity index (χ0) is 15.7. The molecule has 21 heavy (non-hydrogen) atoms. The van der Waals surface area contributed by atoms with E-state index in [1.165, 1.54) is 24.0 Å². The molecule has 0 aliphatic heterocycles. The summed E-state index contributed by atoms with van der Waals surface area (Å²) in [5.41, 5.74) is 2.68. The Balaban J connectivity index is 1.99. The Labute approximate surface area is 128 Å². The molecular formula is C18H28N2O. The highest BCUT2D eigenvalue weighted by Crippen LogP contribution is 2.46. The molecule has 1 atom stereocenters. The maximum atomic E-state index is 11.3. The Hall–Kier alpha value is -1.35. The molecule has 0 radical (unpaired) electrons. The summed E-state index contributed by atoms with van der Waals surface area (Å²) in [7, 11) is 0. The first-order valence-electron chi connectivity index (χ1n) is 7.86. The van der Waals surface area contributed by atoms with Gasteiger partial charge in [0.25, 0.3) is 0 Å². The lowest BCUT2D eigenvalue weighted by Gasteiger charge is -2.32. The van der Waals surface area contributed by atoms with E-state index in [2.05, 4.69) is 62.6 Å². The molecule has 2 N–H and O–H groups in total. The summed E-state index contributed by atoms with van der Waals surface area (Å²) >= 11 is 0. The van der Waals surface area contributed by atoms with Crippen LogP contribution in [0.4, 0.5) is 0 Å². The smallest absolute Gasteiger partial charge is 0.217 e. The number of hydrogen-bond acceptors (Lipinski definition) is 2. The van der Waals surface area contributed by atoms with Gasteiger partial charge in [0.2, 0.25) is 5.91 Å². The summed E-state index contributed by atoms with van der Waals surface area (Å²) in [6.07, 6.45) is 3.31. The minimum absolute atomic E-state index is 0.0343. The summed E-state index contributed by atoms with van der Waals surface area (Å²) < 4.78 is 0. The van der Waals surface area contributed by atoms with Gasteiger partial charge < -0.3 is 10.6 Å². The molecule has 0 bridgehead atoms. The van der Waals surface area contributed by atoms with Crippen LogP contribution in [0.5, 0.6) is 0 Å². The number of nitrogens with one attached hydrogen (secondary N) is 2. The van der Waals surface area contributed by atoms with Crippen LogP contribution in [0.1, 0.15) is 58.1 Å². The molecule has 3 heteroatoms.